The highest BCUT2D eigenvalue weighted by atomic mass is 32.2. The number of amides is 1. The molecule has 9 nitrogen and oxygen atoms in total. The Morgan fingerprint density at radius 1 is 0.756 bits per heavy atom. The van der Waals surface area contributed by atoms with Gasteiger partial charge in [0.1, 0.15) is 11.5 Å². The lowest BCUT2D eigenvalue weighted by Crippen LogP contribution is -2.33. The molecule has 0 aliphatic rings. The zero-order valence-corrected chi connectivity index (χ0v) is 25.1. The van der Waals surface area contributed by atoms with E-state index in [9.17, 15) is 18.0 Å². The van der Waals surface area contributed by atoms with Crippen molar-refractivity contribution < 1.29 is 27.5 Å². The molecule has 0 aliphatic carbocycles. The fourth-order valence-corrected chi connectivity index (χ4v) is 5.87. The average molecular weight is 620 g/mol. The van der Waals surface area contributed by atoms with Crippen LogP contribution in [0.1, 0.15) is 31.8 Å². The number of nitrogens with one attached hydrogen (secondary N) is 1. The Morgan fingerprint density at radius 2 is 1.36 bits per heavy atom. The summed E-state index contributed by atoms with van der Waals surface area (Å²) in [5.41, 5.74) is 4.60. The molecule has 0 heterocycles. The third kappa shape index (κ3) is 7.62. The molecule has 0 bridgehead atoms. The van der Waals surface area contributed by atoms with Crippen LogP contribution in [0.15, 0.2) is 143 Å². The van der Waals surface area contributed by atoms with Crippen LogP contribution in [0, 0.1) is 0 Å². The lowest BCUT2D eigenvalue weighted by molar-refractivity contribution is 0.0734. The number of hydrogen-bond donors (Lipinski definition) is 1. The molecule has 0 saturated heterocycles. The second-order valence-electron chi connectivity index (χ2n) is 9.71. The first kappa shape index (κ1) is 30.7. The number of anilines is 1. The molecular weight excluding hydrogens is 590 g/mol. The van der Waals surface area contributed by atoms with Crippen LogP contribution in [0.4, 0.5) is 5.69 Å². The van der Waals surface area contributed by atoms with Crippen LogP contribution in [-0.4, -0.2) is 33.6 Å². The number of para-hydroxylation sites is 1. The number of esters is 1. The van der Waals surface area contributed by atoms with Crippen LogP contribution >= 0.6 is 0 Å². The summed E-state index contributed by atoms with van der Waals surface area (Å²) >= 11 is 0. The molecule has 0 unspecified atom stereocenters. The van der Waals surface area contributed by atoms with Crippen molar-refractivity contribution in [1.29, 1.82) is 0 Å². The van der Waals surface area contributed by atoms with Crippen LogP contribution < -0.4 is 19.2 Å². The van der Waals surface area contributed by atoms with Crippen molar-refractivity contribution in [3.05, 3.63) is 156 Å². The minimum atomic E-state index is -4.10. The monoisotopic (exact) mass is 619 g/mol. The molecule has 0 saturated carbocycles. The molecule has 5 aromatic rings. The van der Waals surface area contributed by atoms with Gasteiger partial charge in [-0.3, -0.25) is 9.10 Å². The summed E-state index contributed by atoms with van der Waals surface area (Å²) in [4.78, 5) is 25.7. The van der Waals surface area contributed by atoms with Gasteiger partial charge < -0.3 is 9.47 Å². The maximum Gasteiger partial charge on any atom is 0.343 e. The molecule has 0 spiro atoms. The van der Waals surface area contributed by atoms with E-state index < -0.39 is 21.9 Å². The van der Waals surface area contributed by atoms with Crippen LogP contribution in [-0.2, 0) is 16.6 Å². The zero-order chi connectivity index (χ0) is 31.6. The standard InChI is InChI=1S/C35H29N3O6S/c1-43-29-20-22-31(23-21-29)45(41,42)38(25-27-10-4-2-5-11-27)33-15-9-8-14-32(33)34(39)37-36-24-26-16-18-30(19-17-26)44-35(40)28-12-6-3-7-13-28/h2-24H,25H2,1H3,(H,37,39)/b36-24+. The molecule has 10 heteroatoms. The summed E-state index contributed by atoms with van der Waals surface area (Å²) in [5, 5.41) is 4.07. The normalized spacial score (nSPS) is 11.1. The van der Waals surface area contributed by atoms with Gasteiger partial charge in [0.25, 0.3) is 15.9 Å². The number of carbonyl (C=O) groups is 2. The number of hydrazone groups is 1. The van der Waals surface area contributed by atoms with Crippen molar-refractivity contribution in [2.75, 3.05) is 11.4 Å². The van der Waals surface area contributed by atoms with Crippen LogP contribution in [0.2, 0.25) is 0 Å². The number of rotatable bonds is 11. The molecule has 45 heavy (non-hydrogen) atoms. The van der Waals surface area contributed by atoms with Crippen molar-refractivity contribution in [3.63, 3.8) is 0 Å². The lowest BCUT2D eigenvalue weighted by atomic mass is 10.1. The van der Waals surface area contributed by atoms with Gasteiger partial charge in [-0.15, -0.1) is 0 Å². The Hall–Kier alpha value is -5.74. The van der Waals surface area contributed by atoms with E-state index in [-0.39, 0.29) is 22.7 Å². The number of ether oxygens (including phenoxy) is 2. The largest absolute Gasteiger partial charge is 0.497 e. The summed E-state index contributed by atoms with van der Waals surface area (Å²) in [6.07, 6.45) is 1.43. The molecule has 5 aromatic carbocycles. The summed E-state index contributed by atoms with van der Waals surface area (Å²) < 4.78 is 39.7. The Balaban J connectivity index is 1.35. The molecule has 226 valence electrons. The minimum absolute atomic E-state index is 0.00996. The zero-order valence-electron chi connectivity index (χ0n) is 24.2. The van der Waals surface area contributed by atoms with Gasteiger partial charge in [0, 0.05) is 0 Å². The number of carbonyl (C=O) groups excluding carboxylic acids is 2. The predicted octanol–water partition coefficient (Wildman–Crippen LogP) is 6.07. The summed E-state index contributed by atoms with van der Waals surface area (Å²) in [6.45, 7) is -0.00996. The maximum atomic E-state index is 14.0. The second kappa shape index (κ2) is 14.2. The molecular formula is C35H29N3O6S. The molecule has 1 N–H and O–H groups in total. The first-order valence-corrected chi connectivity index (χ1v) is 15.3. The van der Waals surface area contributed by atoms with Crippen LogP contribution in [0.3, 0.4) is 0 Å². The summed E-state index contributed by atoms with van der Waals surface area (Å²) in [5.74, 6) is -0.198. The van der Waals surface area contributed by atoms with Gasteiger partial charge in [0.2, 0.25) is 0 Å². The highest BCUT2D eigenvalue weighted by Gasteiger charge is 2.28. The quantitative estimate of drug-likeness (QED) is 0.0831. The van der Waals surface area contributed by atoms with E-state index in [0.29, 0.717) is 22.6 Å². The number of hydrogen-bond acceptors (Lipinski definition) is 7. The molecule has 0 radical (unpaired) electrons. The Labute approximate surface area is 261 Å². The Morgan fingerprint density at radius 3 is 2.02 bits per heavy atom. The van der Waals surface area contributed by atoms with E-state index in [4.69, 9.17) is 9.47 Å². The van der Waals surface area contributed by atoms with Crippen molar-refractivity contribution in [2.24, 2.45) is 5.10 Å². The highest BCUT2D eigenvalue weighted by Crippen LogP contribution is 2.30. The van der Waals surface area contributed by atoms with Crippen molar-refractivity contribution >= 4 is 33.8 Å². The third-order valence-electron chi connectivity index (χ3n) is 6.71. The van der Waals surface area contributed by atoms with Gasteiger partial charge in [-0.1, -0.05) is 60.7 Å². The Bertz CT molecular complexity index is 1900. The fourth-order valence-electron chi connectivity index (χ4n) is 4.39. The molecule has 1 amide bonds. The smallest absolute Gasteiger partial charge is 0.343 e. The molecule has 0 fully saturated rings. The summed E-state index contributed by atoms with van der Waals surface area (Å²) in [7, 11) is -2.60. The predicted molar refractivity (Wildman–Crippen MR) is 172 cm³/mol. The lowest BCUT2D eigenvalue weighted by Gasteiger charge is -2.26. The molecule has 0 aromatic heterocycles. The number of methoxy groups -OCH3 is 1. The van der Waals surface area contributed by atoms with E-state index in [1.54, 1.807) is 78.9 Å². The van der Waals surface area contributed by atoms with Gasteiger partial charge in [-0.05, 0) is 83.9 Å². The third-order valence-corrected chi connectivity index (χ3v) is 8.49. The van der Waals surface area contributed by atoms with E-state index >= 15 is 0 Å². The first-order chi connectivity index (χ1) is 21.8. The van der Waals surface area contributed by atoms with Gasteiger partial charge in [-0.25, -0.2) is 18.6 Å². The van der Waals surface area contributed by atoms with Crippen LogP contribution in [0.25, 0.3) is 0 Å². The average Bonchev–Trinajstić information content (AvgIpc) is 3.08. The van der Waals surface area contributed by atoms with E-state index in [0.717, 1.165) is 5.56 Å². The fraction of sp³-hybridized carbons (Fsp3) is 0.0571. The minimum Gasteiger partial charge on any atom is -0.497 e. The molecule has 0 atom stereocenters. The topological polar surface area (TPSA) is 114 Å². The number of sulfonamides is 1. The number of nitrogens with zero attached hydrogens (tertiary/aromatic N) is 2. The van der Waals surface area contributed by atoms with Crippen molar-refractivity contribution in [2.45, 2.75) is 11.4 Å². The van der Waals surface area contributed by atoms with Gasteiger partial charge in [0.05, 0.1) is 41.6 Å². The van der Waals surface area contributed by atoms with E-state index in [1.165, 1.54) is 35.8 Å². The Kier molecular flexibility index (Phi) is 9.66. The first-order valence-electron chi connectivity index (χ1n) is 13.9. The summed E-state index contributed by atoms with van der Waals surface area (Å²) in [6, 6.07) is 36.9. The van der Waals surface area contributed by atoms with E-state index in [1.807, 2.05) is 36.4 Å². The van der Waals surface area contributed by atoms with Crippen molar-refractivity contribution in [3.8, 4) is 11.5 Å². The van der Waals surface area contributed by atoms with Gasteiger partial charge in [-0.2, -0.15) is 5.10 Å². The van der Waals surface area contributed by atoms with Crippen LogP contribution in [0.5, 0.6) is 11.5 Å². The van der Waals surface area contributed by atoms with E-state index in [2.05, 4.69) is 10.5 Å². The maximum absolute atomic E-state index is 14.0. The molecule has 0 aliphatic heterocycles. The van der Waals surface area contributed by atoms with Gasteiger partial charge >= 0.3 is 5.97 Å². The van der Waals surface area contributed by atoms with Gasteiger partial charge in [0.15, 0.2) is 0 Å². The highest BCUT2D eigenvalue weighted by molar-refractivity contribution is 7.92. The second-order valence-corrected chi connectivity index (χ2v) is 11.6. The molecule has 5 rings (SSSR count). The number of benzene rings is 5. The van der Waals surface area contributed by atoms with Crippen molar-refractivity contribution in [1.82, 2.24) is 5.43 Å². The SMILES string of the molecule is COc1ccc(S(=O)(=O)N(Cc2ccccc2)c2ccccc2C(=O)N/N=C/c2ccc(OC(=O)c3ccccc3)cc2)cc1.